The molecule has 2 aromatic heterocycles. The van der Waals surface area contributed by atoms with Crippen molar-refractivity contribution < 1.29 is 9.90 Å². The van der Waals surface area contributed by atoms with Crippen molar-refractivity contribution in [3.63, 3.8) is 0 Å². The Morgan fingerprint density at radius 2 is 2.20 bits per heavy atom. The number of amides is 1. The maximum atomic E-state index is 11.4. The third-order valence-electron chi connectivity index (χ3n) is 5.26. The van der Waals surface area contributed by atoms with Gasteiger partial charge in [0.2, 0.25) is 0 Å². The van der Waals surface area contributed by atoms with E-state index in [-0.39, 0.29) is 17.0 Å². The fourth-order valence-corrected chi connectivity index (χ4v) is 5.15. The summed E-state index contributed by atoms with van der Waals surface area (Å²) in [4.78, 5) is 21.0. The molecule has 0 radical (unpaired) electrons. The molecule has 0 fully saturated rings. The first kappa shape index (κ1) is 14.8. The van der Waals surface area contributed by atoms with Crippen LogP contribution in [0, 0.1) is 5.92 Å². The highest BCUT2D eigenvalue weighted by atomic mass is 32.1. The van der Waals surface area contributed by atoms with Crippen molar-refractivity contribution in [2.75, 3.05) is 0 Å². The van der Waals surface area contributed by atoms with E-state index in [4.69, 9.17) is 5.73 Å². The Balaban J connectivity index is 1.59. The molecule has 3 aromatic rings. The van der Waals surface area contributed by atoms with E-state index in [9.17, 15) is 9.90 Å². The number of fused-ring (bicyclic) bond motifs is 4. The number of rotatable bonds is 2. The second kappa shape index (κ2) is 5.24. The Kier molecular flexibility index (Phi) is 3.10. The number of aliphatic hydroxyl groups excluding tert-OH is 1. The van der Waals surface area contributed by atoms with Crippen LogP contribution in [0.25, 0.3) is 11.3 Å². The molecular formula is C18H16N4O2S. The summed E-state index contributed by atoms with van der Waals surface area (Å²) in [7, 11) is 0. The van der Waals surface area contributed by atoms with E-state index in [1.165, 1.54) is 22.5 Å². The van der Waals surface area contributed by atoms with Crippen molar-refractivity contribution in [1.82, 2.24) is 14.5 Å². The molecular weight excluding hydrogens is 336 g/mol. The van der Waals surface area contributed by atoms with Gasteiger partial charge in [-0.15, -0.1) is 11.3 Å². The molecule has 1 amide bonds. The minimum absolute atomic E-state index is 0.0214. The number of nitrogens with two attached hydrogens (primary N) is 1. The Morgan fingerprint density at radius 1 is 1.36 bits per heavy atom. The third kappa shape index (κ3) is 2.03. The summed E-state index contributed by atoms with van der Waals surface area (Å²) in [6.45, 7) is 0. The zero-order valence-electron chi connectivity index (χ0n) is 13.3. The van der Waals surface area contributed by atoms with Gasteiger partial charge in [0.15, 0.2) is 5.01 Å². The Hall–Kier alpha value is -2.51. The number of carbonyl (C=O) groups is 1. The molecule has 1 aromatic carbocycles. The number of hydrogen-bond acceptors (Lipinski definition) is 5. The number of benzene rings is 1. The molecule has 1 aliphatic heterocycles. The van der Waals surface area contributed by atoms with Gasteiger partial charge in [-0.25, -0.2) is 9.97 Å². The average molecular weight is 352 g/mol. The lowest BCUT2D eigenvalue weighted by molar-refractivity contribution is 0.0690. The lowest BCUT2D eigenvalue weighted by Crippen LogP contribution is -2.28. The molecule has 1 aliphatic carbocycles. The van der Waals surface area contributed by atoms with Crippen LogP contribution in [-0.2, 0) is 6.42 Å². The first-order valence-electron chi connectivity index (χ1n) is 8.23. The lowest BCUT2D eigenvalue weighted by atomic mass is 9.80. The molecule has 0 saturated carbocycles. The van der Waals surface area contributed by atoms with Crippen molar-refractivity contribution in [3.8, 4) is 11.3 Å². The van der Waals surface area contributed by atoms with Gasteiger partial charge in [0, 0.05) is 16.4 Å². The van der Waals surface area contributed by atoms with Gasteiger partial charge in [0.25, 0.3) is 5.91 Å². The molecule has 0 saturated heterocycles. The molecule has 3 heterocycles. The van der Waals surface area contributed by atoms with E-state index in [0.717, 1.165) is 23.4 Å². The van der Waals surface area contributed by atoms with E-state index in [0.29, 0.717) is 5.69 Å². The highest BCUT2D eigenvalue weighted by Crippen LogP contribution is 2.50. The minimum atomic E-state index is -0.723. The van der Waals surface area contributed by atoms with Gasteiger partial charge < -0.3 is 15.4 Å². The van der Waals surface area contributed by atoms with Crippen molar-refractivity contribution in [2.45, 2.75) is 25.0 Å². The molecule has 3 atom stereocenters. The van der Waals surface area contributed by atoms with E-state index < -0.39 is 12.0 Å². The predicted octanol–water partition coefficient (Wildman–Crippen LogP) is 2.30. The number of nitrogens with zero attached hydrogens (tertiary/aromatic N) is 3. The van der Waals surface area contributed by atoms with Gasteiger partial charge in [0.1, 0.15) is 6.10 Å². The molecule has 126 valence electrons. The van der Waals surface area contributed by atoms with Crippen LogP contribution in [0.5, 0.6) is 0 Å². The van der Waals surface area contributed by atoms with Crippen molar-refractivity contribution >= 4 is 17.2 Å². The number of hydrogen-bond donors (Lipinski definition) is 2. The van der Waals surface area contributed by atoms with E-state index in [1.54, 1.807) is 0 Å². The molecule has 3 N–H and O–H groups in total. The molecule has 6 nitrogen and oxygen atoms in total. The van der Waals surface area contributed by atoms with Gasteiger partial charge in [-0.3, -0.25) is 4.79 Å². The van der Waals surface area contributed by atoms with Gasteiger partial charge in [0.05, 0.1) is 30.0 Å². The zero-order valence-corrected chi connectivity index (χ0v) is 14.1. The van der Waals surface area contributed by atoms with Gasteiger partial charge in [-0.05, 0) is 18.4 Å². The largest absolute Gasteiger partial charge is 0.386 e. The first-order chi connectivity index (χ1) is 12.1. The Labute approximate surface area is 148 Å². The molecule has 0 spiro atoms. The highest BCUT2D eigenvalue weighted by Gasteiger charge is 2.42. The molecule has 0 bridgehead atoms. The summed E-state index contributed by atoms with van der Waals surface area (Å²) in [5.41, 5.74) is 9.42. The topological polar surface area (TPSA) is 94.0 Å². The summed E-state index contributed by atoms with van der Waals surface area (Å²) in [5.74, 6) is -0.557. The van der Waals surface area contributed by atoms with E-state index in [1.807, 2.05) is 24.7 Å². The summed E-state index contributed by atoms with van der Waals surface area (Å²) in [6.07, 6.45) is 4.60. The standard InChI is InChI=1S/C18H16N4O2S/c19-17(24)18-21-14-13(25-18)6-5-11(16(14)23)15-10-4-2-1-3-9(10)12-7-20-8-22(12)15/h1-4,7-8,11,15-16,23H,5-6H2,(H2,19,24)/t11-,15+,16-/m1/s1. The van der Waals surface area contributed by atoms with E-state index in [2.05, 4.69) is 26.7 Å². The number of aliphatic hydroxyl groups is 1. The van der Waals surface area contributed by atoms with Crippen molar-refractivity contribution in [1.29, 1.82) is 0 Å². The Morgan fingerprint density at radius 3 is 3.04 bits per heavy atom. The minimum Gasteiger partial charge on any atom is -0.386 e. The second-order valence-corrected chi connectivity index (χ2v) is 7.64. The maximum Gasteiger partial charge on any atom is 0.277 e. The van der Waals surface area contributed by atoms with E-state index >= 15 is 0 Å². The monoisotopic (exact) mass is 352 g/mol. The lowest BCUT2D eigenvalue weighted by Gasteiger charge is -2.33. The van der Waals surface area contributed by atoms with Crippen LogP contribution < -0.4 is 5.73 Å². The normalized spacial score (nSPS) is 23.8. The smallest absolute Gasteiger partial charge is 0.277 e. The predicted molar refractivity (Wildman–Crippen MR) is 93.2 cm³/mol. The van der Waals surface area contributed by atoms with Crippen LogP contribution in [0.15, 0.2) is 36.8 Å². The summed E-state index contributed by atoms with van der Waals surface area (Å²) in [5, 5.41) is 11.3. The molecule has 5 rings (SSSR count). The van der Waals surface area contributed by atoms with Crippen LogP contribution in [0.1, 0.15) is 44.5 Å². The quantitative estimate of drug-likeness (QED) is 0.740. The van der Waals surface area contributed by atoms with Crippen molar-refractivity contribution in [3.05, 3.63) is 57.9 Å². The molecule has 7 heteroatoms. The Bertz CT molecular complexity index is 993. The number of thiazole rings is 1. The fourth-order valence-electron chi connectivity index (χ4n) is 4.18. The molecule has 0 unspecified atom stereocenters. The molecule has 2 aliphatic rings. The first-order valence-corrected chi connectivity index (χ1v) is 9.05. The molecule has 25 heavy (non-hydrogen) atoms. The van der Waals surface area contributed by atoms with Gasteiger partial charge in [-0.1, -0.05) is 24.3 Å². The number of carbonyl (C=O) groups excluding carboxylic acids is 1. The SMILES string of the molecule is NC(=O)c1nc2c(s1)CC[C@H]([C@@H]1c3ccccc3-c3cncn31)[C@H]2O. The van der Waals surface area contributed by atoms with Gasteiger partial charge in [-0.2, -0.15) is 0 Å². The van der Waals surface area contributed by atoms with Gasteiger partial charge >= 0.3 is 0 Å². The summed E-state index contributed by atoms with van der Waals surface area (Å²) in [6, 6.07) is 8.28. The fraction of sp³-hybridized carbons (Fsp3) is 0.278. The van der Waals surface area contributed by atoms with Crippen molar-refractivity contribution in [2.24, 2.45) is 11.7 Å². The van der Waals surface area contributed by atoms with Crippen LogP contribution in [-0.4, -0.2) is 25.5 Å². The highest BCUT2D eigenvalue weighted by molar-refractivity contribution is 7.13. The van der Waals surface area contributed by atoms with Crippen LogP contribution >= 0.6 is 11.3 Å². The number of aryl methyl sites for hydroxylation is 1. The van der Waals surface area contributed by atoms with Crippen LogP contribution in [0.3, 0.4) is 0 Å². The third-order valence-corrected chi connectivity index (χ3v) is 6.40. The number of imidazole rings is 1. The summed E-state index contributed by atoms with van der Waals surface area (Å²) < 4.78 is 2.14. The zero-order chi connectivity index (χ0) is 17.1. The summed E-state index contributed by atoms with van der Waals surface area (Å²) >= 11 is 1.30. The number of aromatic nitrogens is 3. The maximum absolute atomic E-state index is 11.4. The second-order valence-electron chi connectivity index (χ2n) is 6.56. The van der Waals surface area contributed by atoms with Crippen LogP contribution in [0.4, 0.5) is 0 Å². The average Bonchev–Trinajstić information content (AvgIpc) is 3.29. The van der Waals surface area contributed by atoms with Crippen LogP contribution in [0.2, 0.25) is 0 Å². The number of primary amides is 1.